The molecule has 0 bridgehead atoms. The molecule has 1 amide bonds. The van der Waals surface area contributed by atoms with Gasteiger partial charge < -0.3 is 15.9 Å². The van der Waals surface area contributed by atoms with Crippen molar-refractivity contribution in [3.8, 4) is 0 Å². The second kappa shape index (κ2) is 7.55. The van der Waals surface area contributed by atoms with Crippen LogP contribution in [-0.2, 0) is 9.59 Å². The highest BCUT2D eigenvalue weighted by molar-refractivity contribution is 5.92. The summed E-state index contributed by atoms with van der Waals surface area (Å²) in [6.45, 7) is 3.01. The van der Waals surface area contributed by atoms with Crippen LogP contribution >= 0.6 is 0 Å². The van der Waals surface area contributed by atoms with Crippen LogP contribution in [0.25, 0.3) is 0 Å². The second-order valence-electron chi connectivity index (χ2n) is 3.09. The molecule has 0 aliphatic rings. The minimum Gasteiger partial charge on any atom is -0.481 e. The fourth-order valence-electron chi connectivity index (χ4n) is 0.767. The summed E-state index contributed by atoms with van der Waals surface area (Å²) in [7, 11) is 0. The van der Waals surface area contributed by atoms with Crippen molar-refractivity contribution in [1.82, 2.24) is 4.98 Å². The standard InChI is InChI=1S/C6H6N2O.C5H6O4/c7-6(9)5-2-1-3-8-4-5;1-3(5(8)9)2-4(6)7/h1-4H,(H2,7,9);1-2H2,(H,6,7)(H,8,9). The SMILES string of the molecule is C=C(CC(=O)O)C(=O)O.NC(=O)c1cccnc1. The number of amides is 1. The van der Waals surface area contributed by atoms with Gasteiger partial charge in [0, 0.05) is 18.0 Å². The first-order chi connectivity index (χ1) is 8.34. The Morgan fingerprint density at radius 2 is 1.94 bits per heavy atom. The van der Waals surface area contributed by atoms with Gasteiger partial charge in [0.25, 0.3) is 0 Å². The minimum absolute atomic E-state index is 0.303. The zero-order valence-electron chi connectivity index (χ0n) is 9.37. The largest absolute Gasteiger partial charge is 0.481 e. The molecule has 0 spiro atoms. The molecule has 7 heteroatoms. The molecule has 0 radical (unpaired) electrons. The summed E-state index contributed by atoms with van der Waals surface area (Å²) in [5.74, 6) is -2.89. The van der Waals surface area contributed by atoms with E-state index in [-0.39, 0.29) is 5.57 Å². The molecule has 0 aromatic carbocycles. The Morgan fingerprint density at radius 3 is 2.17 bits per heavy atom. The van der Waals surface area contributed by atoms with E-state index in [4.69, 9.17) is 15.9 Å². The number of rotatable bonds is 4. The third-order valence-corrected chi connectivity index (χ3v) is 1.61. The Morgan fingerprint density at radius 1 is 1.33 bits per heavy atom. The van der Waals surface area contributed by atoms with Crippen LogP contribution in [0.2, 0.25) is 0 Å². The lowest BCUT2D eigenvalue weighted by atomic mass is 10.2. The molecular formula is C11H12N2O5. The van der Waals surface area contributed by atoms with Crippen LogP contribution in [0.5, 0.6) is 0 Å². The van der Waals surface area contributed by atoms with Crippen molar-refractivity contribution in [3.05, 3.63) is 42.2 Å². The maximum absolute atomic E-state index is 10.4. The van der Waals surface area contributed by atoms with Gasteiger partial charge in [0.2, 0.25) is 5.91 Å². The monoisotopic (exact) mass is 252 g/mol. The van der Waals surface area contributed by atoms with Gasteiger partial charge in [-0.1, -0.05) is 6.58 Å². The van der Waals surface area contributed by atoms with Gasteiger partial charge in [0.1, 0.15) is 0 Å². The Labute approximate surface area is 103 Å². The van der Waals surface area contributed by atoms with E-state index in [1.165, 1.54) is 6.20 Å². The number of nitrogens with two attached hydrogens (primary N) is 1. The summed E-state index contributed by atoms with van der Waals surface area (Å²) in [6.07, 6.45) is 2.52. The molecule has 1 aromatic heterocycles. The molecule has 0 fully saturated rings. The van der Waals surface area contributed by atoms with E-state index in [1.54, 1.807) is 18.3 Å². The fourth-order valence-corrected chi connectivity index (χ4v) is 0.767. The summed E-state index contributed by atoms with van der Waals surface area (Å²) >= 11 is 0. The lowest BCUT2D eigenvalue weighted by Crippen LogP contribution is -2.10. The first-order valence-corrected chi connectivity index (χ1v) is 4.67. The number of carboxylic acids is 2. The van der Waals surface area contributed by atoms with E-state index < -0.39 is 24.3 Å². The summed E-state index contributed by atoms with van der Waals surface area (Å²) in [5, 5.41) is 16.1. The molecule has 18 heavy (non-hydrogen) atoms. The summed E-state index contributed by atoms with van der Waals surface area (Å²) in [4.78, 5) is 33.8. The quantitative estimate of drug-likeness (QED) is 0.660. The van der Waals surface area contributed by atoms with Gasteiger partial charge in [0.05, 0.1) is 12.0 Å². The fraction of sp³-hybridized carbons (Fsp3) is 0.0909. The van der Waals surface area contributed by atoms with Crippen LogP contribution in [0.15, 0.2) is 36.7 Å². The number of carbonyl (C=O) groups excluding carboxylic acids is 1. The normalized spacial score (nSPS) is 8.67. The maximum atomic E-state index is 10.4. The molecule has 1 aromatic rings. The molecule has 0 saturated heterocycles. The predicted molar refractivity (Wildman–Crippen MR) is 61.8 cm³/mol. The third kappa shape index (κ3) is 6.72. The Hall–Kier alpha value is -2.70. The van der Waals surface area contributed by atoms with Crippen molar-refractivity contribution in [1.29, 1.82) is 0 Å². The molecule has 1 rings (SSSR count). The van der Waals surface area contributed by atoms with Crippen LogP contribution in [0, 0.1) is 0 Å². The van der Waals surface area contributed by atoms with E-state index >= 15 is 0 Å². The smallest absolute Gasteiger partial charge is 0.331 e. The zero-order chi connectivity index (χ0) is 14.1. The molecule has 96 valence electrons. The van der Waals surface area contributed by atoms with Gasteiger partial charge in [-0.25, -0.2) is 4.79 Å². The molecule has 1 heterocycles. The van der Waals surface area contributed by atoms with Crippen molar-refractivity contribution >= 4 is 17.8 Å². The van der Waals surface area contributed by atoms with Crippen LogP contribution < -0.4 is 5.73 Å². The minimum atomic E-state index is -1.27. The second-order valence-corrected chi connectivity index (χ2v) is 3.09. The van der Waals surface area contributed by atoms with Crippen molar-refractivity contribution < 1.29 is 24.6 Å². The Bertz CT molecular complexity index is 456. The van der Waals surface area contributed by atoms with Gasteiger partial charge in [-0.2, -0.15) is 0 Å². The van der Waals surface area contributed by atoms with Crippen molar-refractivity contribution in [2.75, 3.05) is 0 Å². The van der Waals surface area contributed by atoms with Crippen molar-refractivity contribution in [2.45, 2.75) is 6.42 Å². The van der Waals surface area contributed by atoms with E-state index in [9.17, 15) is 14.4 Å². The van der Waals surface area contributed by atoms with E-state index in [0.29, 0.717) is 5.56 Å². The van der Waals surface area contributed by atoms with E-state index in [0.717, 1.165) is 0 Å². The maximum Gasteiger partial charge on any atom is 0.331 e. The number of pyridine rings is 1. The predicted octanol–water partition coefficient (Wildman–Crippen LogP) is 0.282. The Balaban J connectivity index is 0.000000321. The number of hydrogen-bond donors (Lipinski definition) is 3. The topological polar surface area (TPSA) is 131 Å². The molecule has 0 atom stereocenters. The van der Waals surface area contributed by atoms with E-state index in [2.05, 4.69) is 11.6 Å². The highest BCUT2D eigenvalue weighted by atomic mass is 16.4. The Kier molecular flexibility index (Phi) is 6.42. The first-order valence-electron chi connectivity index (χ1n) is 4.67. The third-order valence-electron chi connectivity index (χ3n) is 1.61. The molecule has 0 unspecified atom stereocenters. The molecule has 0 aliphatic carbocycles. The number of primary amides is 1. The van der Waals surface area contributed by atoms with Crippen molar-refractivity contribution in [3.63, 3.8) is 0 Å². The number of aromatic nitrogens is 1. The van der Waals surface area contributed by atoms with Gasteiger partial charge >= 0.3 is 11.9 Å². The summed E-state index contributed by atoms with van der Waals surface area (Å²) in [6, 6.07) is 3.29. The molecule has 7 nitrogen and oxygen atoms in total. The van der Waals surface area contributed by atoms with Crippen LogP contribution in [0.3, 0.4) is 0 Å². The first kappa shape index (κ1) is 15.3. The van der Waals surface area contributed by atoms with Crippen molar-refractivity contribution in [2.24, 2.45) is 5.73 Å². The average molecular weight is 252 g/mol. The van der Waals surface area contributed by atoms with Gasteiger partial charge in [0.15, 0.2) is 0 Å². The number of carboxylic acid groups (broad SMARTS) is 2. The van der Waals surface area contributed by atoms with Gasteiger partial charge in [-0.05, 0) is 12.1 Å². The molecular weight excluding hydrogens is 240 g/mol. The van der Waals surface area contributed by atoms with Gasteiger partial charge in [-0.15, -0.1) is 0 Å². The van der Waals surface area contributed by atoms with Crippen LogP contribution in [0.1, 0.15) is 16.8 Å². The number of aliphatic carboxylic acids is 2. The van der Waals surface area contributed by atoms with Gasteiger partial charge in [-0.3, -0.25) is 14.6 Å². The summed E-state index contributed by atoms with van der Waals surface area (Å²) in [5.41, 5.74) is 5.07. The highest BCUT2D eigenvalue weighted by Gasteiger charge is 2.07. The lowest BCUT2D eigenvalue weighted by molar-refractivity contribution is -0.139. The van der Waals surface area contributed by atoms with Crippen LogP contribution in [-0.4, -0.2) is 33.0 Å². The number of carbonyl (C=O) groups is 3. The highest BCUT2D eigenvalue weighted by Crippen LogP contribution is 1.95. The number of nitrogens with zero attached hydrogens (tertiary/aromatic N) is 1. The van der Waals surface area contributed by atoms with E-state index in [1.807, 2.05) is 0 Å². The number of hydrogen-bond acceptors (Lipinski definition) is 4. The van der Waals surface area contributed by atoms with Crippen LogP contribution in [0.4, 0.5) is 0 Å². The molecule has 0 saturated carbocycles. The summed E-state index contributed by atoms with van der Waals surface area (Å²) < 4.78 is 0. The lowest BCUT2D eigenvalue weighted by Gasteiger charge is -1.91. The average Bonchev–Trinajstić information content (AvgIpc) is 2.30. The zero-order valence-corrected chi connectivity index (χ0v) is 9.37. The molecule has 0 aliphatic heterocycles. The molecule has 4 N–H and O–H groups in total.